The smallest absolute Gasteiger partial charge is 0.277 e. The van der Waals surface area contributed by atoms with Crippen molar-refractivity contribution in [3.63, 3.8) is 0 Å². The first-order chi connectivity index (χ1) is 9.47. The second-order valence-electron chi connectivity index (χ2n) is 4.51. The molecule has 0 bridgehead atoms. The van der Waals surface area contributed by atoms with Gasteiger partial charge in [-0.15, -0.1) is 11.3 Å². The highest BCUT2D eigenvalue weighted by Gasteiger charge is 2.16. The van der Waals surface area contributed by atoms with Crippen LogP contribution in [-0.2, 0) is 0 Å². The highest BCUT2D eigenvalue weighted by Crippen LogP contribution is 2.15. The molecule has 0 saturated heterocycles. The van der Waals surface area contributed by atoms with E-state index in [1.54, 1.807) is 0 Å². The fraction of sp³-hybridized carbons (Fsp3) is 0.214. The largest absolute Gasteiger partial charge is 0.364 e. The molecule has 3 N–H and O–H groups in total. The number of hydrogen-bond acceptors (Lipinski definition) is 4. The maximum Gasteiger partial charge on any atom is 0.277 e. The van der Waals surface area contributed by atoms with E-state index < -0.39 is 5.91 Å². The normalized spacial score (nSPS) is 11.9. The Bertz CT molecular complexity index is 634. The molecular formula is C14H15N3O2S. The van der Waals surface area contributed by atoms with Crippen LogP contribution >= 0.6 is 11.3 Å². The van der Waals surface area contributed by atoms with Crippen LogP contribution in [0.1, 0.15) is 44.4 Å². The summed E-state index contributed by atoms with van der Waals surface area (Å²) in [6.45, 7) is 3.90. The van der Waals surface area contributed by atoms with E-state index in [-0.39, 0.29) is 22.7 Å². The van der Waals surface area contributed by atoms with Crippen LogP contribution in [0.25, 0.3) is 0 Å². The Kier molecular flexibility index (Phi) is 4.14. The van der Waals surface area contributed by atoms with Gasteiger partial charge in [0.1, 0.15) is 5.69 Å². The highest BCUT2D eigenvalue weighted by atomic mass is 32.1. The molecule has 0 unspecified atom stereocenters. The predicted octanol–water partition coefficient (Wildman–Crippen LogP) is 2.04. The van der Waals surface area contributed by atoms with Crippen molar-refractivity contribution in [3.05, 3.63) is 51.5 Å². The molecule has 0 aliphatic rings. The van der Waals surface area contributed by atoms with Gasteiger partial charge in [-0.05, 0) is 19.4 Å². The molecule has 0 saturated carbocycles. The molecule has 0 aliphatic carbocycles. The van der Waals surface area contributed by atoms with Gasteiger partial charge in [-0.1, -0.05) is 29.8 Å². The molecule has 20 heavy (non-hydrogen) atoms. The number of amides is 2. The first-order valence-electron chi connectivity index (χ1n) is 6.10. The third kappa shape index (κ3) is 3.21. The van der Waals surface area contributed by atoms with E-state index >= 15 is 0 Å². The van der Waals surface area contributed by atoms with Crippen LogP contribution in [0, 0.1) is 6.92 Å². The second kappa shape index (κ2) is 5.83. The van der Waals surface area contributed by atoms with Crippen molar-refractivity contribution in [3.8, 4) is 0 Å². The molecule has 0 fully saturated rings. The van der Waals surface area contributed by atoms with Gasteiger partial charge in [0.25, 0.3) is 11.8 Å². The van der Waals surface area contributed by atoms with Crippen molar-refractivity contribution in [2.24, 2.45) is 5.73 Å². The minimum Gasteiger partial charge on any atom is -0.364 e. The van der Waals surface area contributed by atoms with Crippen LogP contribution in [0.5, 0.6) is 0 Å². The lowest BCUT2D eigenvalue weighted by atomic mass is 10.1. The van der Waals surface area contributed by atoms with Gasteiger partial charge >= 0.3 is 0 Å². The summed E-state index contributed by atoms with van der Waals surface area (Å²) in [6, 6.07) is 7.78. The molecule has 2 aromatic rings. The molecule has 1 atom stereocenters. The number of rotatable bonds is 4. The van der Waals surface area contributed by atoms with E-state index in [1.165, 1.54) is 5.38 Å². The number of nitrogens with one attached hydrogen (secondary N) is 1. The SMILES string of the molecule is Cc1ccc([C@H](C)NC(=O)c2csc(C(N)=O)n2)cc1. The quantitative estimate of drug-likeness (QED) is 0.903. The lowest BCUT2D eigenvalue weighted by Crippen LogP contribution is -2.27. The molecule has 5 nitrogen and oxygen atoms in total. The van der Waals surface area contributed by atoms with Crippen molar-refractivity contribution in [1.82, 2.24) is 10.3 Å². The van der Waals surface area contributed by atoms with Crippen LogP contribution in [0.4, 0.5) is 0 Å². The minimum atomic E-state index is -0.624. The summed E-state index contributed by atoms with van der Waals surface area (Å²) in [6.07, 6.45) is 0. The Hall–Kier alpha value is -2.21. The van der Waals surface area contributed by atoms with E-state index in [9.17, 15) is 9.59 Å². The maximum absolute atomic E-state index is 12.0. The average Bonchev–Trinajstić information content (AvgIpc) is 2.89. The molecule has 2 rings (SSSR count). The Labute approximate surface area is 120 Å². The third-order valence-electron chi connectivity index (χ3n) is 2.87. The molecule has 1 aromatic carbocycles. The van der Waals surface area contributed by atoms with Gasteiger partial charge in [-0.25, -0.2) is 4.98 Å². The summed E-state index contributed by atoms with van der Waals surface area (Å²) in [7, 11) is 0. The van der Waals surface area contributed by atoms with Crippen LogP contribution in [0.15, 0.2) is 29.6 Å². The predicted molar refractivity (Wildman–Crippen MR) is 77.7 cm³/mol. The van der Waals surface area contributed by atoms with Gasteiger partial charge in [-0.2, -0.15) is 0 Å². The molecule has 0 radical (unpaired) electrons. The molecule has 0 spiro atoms. The van der Waals surface area contributed by atoms with Gasteiger partial charge in [-0.3, -0.25) is 9.59 Å². The van der Waals surface area contributed by atoms with Gasteiger partial charge in [0, 0.05) is 5.38 Å². The first-order valence-corrected chi connectivity index (χ1v) is 6.98. The fourth-order valence-corrected chi connectivity index (χ4v) is 2.35. The number of aromatic nitrogens is 1. The monoisotopic (exact) mass is 289 g/mol. The maximum atomic E-state index is 12.0. The molecular weight excluding hydrogens is 274 g/mol. The van der Waals surface area contributed by atoms with Gasteiger partial charge in [0.05, 0.1) is 6.04 Å². The Balaban J connectivity index is 2.06. The molecule has 104 valence electrons. The summed E-state index contributed by atoms with van der Waals surface area (Å²) >= 11 is 1.06. The van der Waals surface area contributed by atoms with E-state index in [2.05, 4.69) is 10.3 Å². The van der Waals surface area contributed by atoms with Gasteiger partial charge in [0.15, 0.2) is 5.01 Å². The zero-order valence-electron chi connectivity index (χ0n) is 11.2. The molecule has 0 aliphatic heterocycles. The van der Waals surface area contributed by atoms with E-state index in [4.69, 9.17) is 5.73 Å². The number of thiazole rings is 1. The van der Waals surface area contributed by atoms with Crippen molar-refractivity contribution < 1.29 is 9.59 Å². The van der Waals surface area contributed by atoms with Gasteiger partial charge < -0.3 is 11.1 Å². The van der Waals surface area contributed by atoms with Crippen molar-refractivity contribution in [2.75, 3.05) is 0 Å². The minimum absolute atomic E-state index is 0.137. The number of primary amides is 1. The third-order valence-corrected chi connectivity index (χ3v) is 3.73. The number of carbonyl (C=O) groups excluding carboxylic acids is 2. The Morgan fingerprint density at radius 2 is 1.95 bits per heavy atom. The summed E-state index contributed by atoms with van der Waals surface area (Å²) in [4.78, 5) is 26.9. The number of hydrogen-bond donors (Lipinski definition) is 2. The van der Waals surface area contributed by atoms with Crippen LogP contribution in [0.3, 0.4) is 0 Å². The molecule has 6 heteroatoms. The van der Waals surface area contributed by atoms with Gasteiger partial charge in [0.2, 0.25) is 0 Å². The highest BCUT2D eigenvalue weighted by molar-refractivity contribution is 7.11. The fourth-order valence-electron chi connectivity index (χ4n) is 1.70. The Morgan fingerprint density at radius 3 is 2.50 bits per heavy atom. The standard InChI is InChI=1S/C14H15N3O2S/c1-8-3-5-10(6-4-8)9(2)16-13(19)11-7-20-14(17-11)12(15)18/h3-7,9H,1-2H3,(H2,15,18)(H,16,19)/t9-/m0/s1. The van der Waals surface area contributed by atoms with E-state index in [0.717, 1.165) is 22.5 Å². The molecule has 1 heterocycles. The summed E-state index contributed by atoms with van der Waals surface area (Å²) in [5, 5.41) is 4.50. The van der Waals surface area contributed by atoms with Crippen molar-refractivity contribution in [1.29, 1.82) is 0 Å². The van der Waals surface area contributed by atoms with E-state index in [0.29, 0.717) is 0 Å². The van der Waals surface area contributed by atoms with E-state index in [1.807, 2.05) is 38.1 Å². The van der Waals surface area contributed by atoms with Crippen LogP contribution in [-0.4, -0.2) is 16.8 Å². The van der Waals surface area contributed by atoms with Crippen molar-refractivity contribution >= 4 is 23.2 Å². The summed E-state index contributed by atoms with van der Waals surface area (Å²) < 4.78 is 0. The first kappa shape index (κ1) is 14.2. The van der Waals surface area contributed by atoms with Crippen LogP contribution in [0.2, 0.25) is 0 Å². The lowest BCUT2D eigenvalue weighted by Gasteiger charge is -2.13. The average molecular weight is 289 g/mol. The number of carbonyl (C=O) groups is 2. The zero-order valence-corrected chi connectivity index (χ0v) is 12.0. The molecule has 2 amide bonds. The second-order valence-corrected chi connectivity index (χ2v) is 5.37. The number of nitrogens with two attached hydrogens (primary N) is 1. The number of benzene rings is 1. The summed E-state index contributed by atoms with van der Waals surface area (Å²) in [5.74, 6) is -0.942. The summed E-state index contributed by atoms with van der Waals surface area (Å²) in [5.41, 5.74) is 7.50. The zero-order chi connectivity index (χ0) is 14.7. The number of nitrogens with zero attached hydrogens (tertiary/aromatic N) is 1. The Morgan fingerprint density at radius 1 is 1.30 bits per heavy atom. The topological polar surface area (TPSA) is 85.1 Å². The lowest BCUT2D eigenvalue weighted by molar-refractivity contribution is 0.0935. The molecule has 1 aromatic heterocycles. The van der Waals surface area contributed by atoms with Crippen LogP contribution < -0.4 is 11.1 Å². The van der Waals surface area contributed by atoms with Crippen molar-refractivity contribution in [2.45, 2.75) is 19.9 Å². The number of aryl methyl sites for hydroxylation is 1.